The van der Waals surface area contributed by atoms with Crippen LogP contribution < -0.4 is 14.8 Å². The third-order valence-electron chi connectivity index (χ3n) is 4.19. The largest absolute Gasteiger partial charge is 0.493 e. The van der Waals surface area contributed by atoms with Crippen LogP contribution >= 0.6 is 11.6 Å². The summed E-state index contributed by atoms with van der Waals surface area (Å²) in [5.41, 5.74) is 1.07. The molecular weight excluding hydrogens is 371 g/mol. The standard InChI is InChI=1S/C20H24ClFN2O3/c1-5-27-18-9-6-14(10-19(18)26-4)12-24(3)13(2)20(25)23-17-8-7-15(21)11-16(17)22/h6-11,13H,5,12H2,1-4H3,(H,23,25)/t13-/m0/s1. The van der Waals surface area contributed by atoms with Gasteiger partial charge in [0.1, 0.15) is 5.82 Å². The smallest absolute Gasteiger partial charge is 0.241 e. The van der Waals surface area contributed by atoms with Crippen LogP contribution in [0.1, 0.15) is 19.4 Å². The maximum Gasteiger partial charge on any atom is 0.241 e. The van der Waals surface area contributed by atoms with Crippen LogP contribution in [0.4, 0.5) is 10.1 Å². The third-order valence-corrected chi connectivity index (χ3v) is 4.42. The van der Waals surface area contributed by atoms with E-state index in [0.29, 0.717) is 24.7 Å². The number of rotatable bonds is 8. The molecule has 0 aliphatic carbocycles. The number of halogens is 2. The molecule has 0 aliphatic rings. The van der Waals surface area contributed by atoms with Crippen LogP contribution in [0.5, 0.6) is 11.5 Å². The lowest BCUT2D eigenvalue weighted by molar-refractivity contribution is -0.120. The molecule has 5 nitrogen and oxygen atoms in total. The number of anilines is 1. The molecule has 146 valence electrons. The number of methoxy groups -OCH3 is 1. The van der Waals surface area contributed by atoms with Gasteiger partial charge in [-0.1, -0.05) is 17.7 Å². The van der Waals surface area contributed by atoms with Crippen molar-refractivity contribution in [3.63, 3.8) is 0 Å². The maximum atomic E-state index is 13.9. The van der Waals surface area contributed by atoms with Gasteiger partial charge in [0.15, 0.2) is 11.5 Å². The van der Waals surface area contributed by atoms with Crippen LogP contribution in [0.2, 0.25) is 5.02 Å². The van der Waals surface area contributed by atoms with Crippen LogP contribution in [0.15, 0.2) is 36.4 Å². The van der Waals surface area contributed by atoms with E-state index in [9.17, 15) is 9.18 Å². The summed E-state index contributed by atoms with van der Waals surface area (Å²) in [6.07, 6.45) is 0. The number of likely N-dealkylation sites (N-methyl/N-ethyl adjacent to an activating group) is 1. The number of nitrogens with zero attached hydrogens (tertiary/aromatic N) is 1. The minimum atomic E-state index is -0.568. The van der Waals surface area contributed by atoms with Gasteiger partial charge >= 0.3 is 0 Å². The maximum absolute atomic E-state index is 13.9. The van der Waals surface area contributed by atoms with Gasteiger partial charge in [-0.15, -0.1) is 0 Å². The van der Waals surface area contributed by atoms with Gasteiger partial charge in [0.2, 0.25) is 5.91 Å². The van der Waals surface area contributed by atoms with E-state index in [1.54, 1.807) is 14.0 Å². The zero-order valence-corrected chi connectivity index (χ0v) is 16.6. The minimum absolute atomic E-state index is 0.104. The van der Waals surface area contributed by atoms with Gasteiger partial charge in [-0.2, -0.15) is 0 Å². The molecule has 1 N–H and O–H groups in total. The van der Waals surface area contributed by atoms with Crippen LogP contribution in [-0.2, 0) is 11.3 Å². The van der Waals surface area contributed by atoms with Gasteiger partial charge in [-0.05, 0) is 56.8 Å². The summed E-state index contributed by atoms with van der Waals surface area (Å²) >= 11 is 5.73. The predicted molar refractivity (Wildman–Crippen MR) is 105 cm³/mol. The molecule has 0 aromatic heterocycles. The van der Waals surface area contributed by atoms with Gasteiger partial charge in [0.25, 0.3) is 0 Å². The minimum Gasteiger partial charge on any atom is -0.493 e. The molecule has 0 fully saturated rings. The Morgan fingerprint density at radius 1 is 1.26 bits per heavy atom. The molecular formula is C20H24ClFN2O3. The molecule has 0 radical (unpaired) electrons. The Morgan fingerprint density at radius 2 is 2.00 bits per heavy atom. The zero-order chi connectivity index (χ0) is 20.0. The number of carbonyl (C=O) groups is 1. The van der Waals surface area contributed by atoms with Gasteiger partial charge in [-0.25, -0.2) is 4.39 Å². The first-order valence-electron chi connectivity index (χ1n) is 8.61. The number of nitrogens with one attached hydrogen (secondary N) is 1. The van der Waals surface area contributed by atoms with E-state index < -0.39 is 11.9 Å². The Kier molecular flexibility index (Phi) is 7.45. The topological polar surface area (TPSA) is 50.8 Å². The van der Waals surface area contributed by atoms with Crippen LogP contribution in [-0.4, -0.2) is 37.6 Å². The highest BCUT2D eigenvalue weighted by molar-refractivity contribution is 6.30. The lowest BCUT2D eigenvalue weighted by Gasteiger charge is -2.24. The highest BCUT2D eigenvalue weighted by atomic mass is 35.5. The number of carbonyl (C=O) groups excluding carboxylic acids is 1. The Balaban J connectivity index is 2.04. The Labute approximate surface area is 164 Å². The average Bonchev–Trinajstić information content (AvgIpc) is 2.64. The highest BCUT2D eigenvalue weighted by Gasteiger charge is 2.20. The highest BCUT2D eigenvalue weighted by Crippen LogP contribution is 2.28. The molecule has 0 spiro atoms. The third kappa shape index (κ3) is 5.58. The summed E-state index contributed by atoms with van der Waals surface area (Å²) in [6, 6.07) is 9.31. The first-order valence-corrected chi connectivity index (χ1v) is 8.99. The van der Waals surface area contributed by atoms with E-state index >= 15 is 0 Å². The van der Waals surface area contributed by atoms with E-state index in [2.05, 4.69) is 5.32 Å². The summed E-state index contributed by atoms with van der Waals surface area (Å²) in [5, 5.41) is 2.87. The number of ether oxygens (including phenoxy) is 2. The lowest BCUT2D eigenvalue weighted by atomic mass is 10.1. The molecule has 2 rings (SSSR count). The van der Waals surface area contributed by atoms with Crippen molar-refractivity contribution in [3.05, 3.63) is 52.8 Å². The number of benzene rings is 2. The van der Waals surface area contributed by atoms with E-state index in [1.165, 1.54) is 12.1 Å². The van der Waals surface area contributed by atoms with Crippen molar-refractivity contribution in [3.8, 4) is 11.5 Å². The summed E-state index contributed by atoms with van der Waals surface area (Å²) < 4.78 is 24.7. The van der Waals surface area contributed by atoms with Crippen molar-refractivity contribution >= 4 is 23.2 Å². The summed E-state index contributed by atoms with van der Waals surface area (Å²) in [6.45, 7) is 4.73. The molecule has 0 aliphatic heterocycles. The fraction of sp³-hybridized carbons (Fsp3) is 0.350. The number of amides is 1. The van der Waals surface area contributed by atoms with Gasteiger partial charge in [0, 0.05) is 11.6 Å². The summed E-state index contributed by atoms with van der Waals surface area (Å²) in [5.74, 6) is 0.442. The molecule has 27 heavy (non-hydrogen) atoms. The Bertz CT molecular complexity index is 801. The second-order valence-corrected chi connectivity index (χ2v) is 6.56. The van der Waals surface area contributed by atoms with Crippen molar-refractivity contribution in [1.82, 2.24) is 4.90 Å². The Morgan fingerprint density at radius 3 is 2.63 bits per heavy atom. The SMILES string of the molecule is CCOc1ccc(CN(C)[C@@H](C)C(=O)Nc2ccc(Cl)cc2F)cc1OC. The van der Waals surface area contributed by atoms with Crippen molar-refractivity contribution in [2.75, 3.05) is 26.1 Å². The predicted octanol–water partition coefficient (Wildman–Crippen LogP) is 4.35. The van der Waals surface area contributed by atoms with Crippen LogP contribution in [0.3, 0.4) is 0 Å². The molecule has 2 aromatic carbocycles. The molecule has 0 unspecified atom stereocenters. The second kappa shape index (κ2) is 9.58. The van der Waals surface area contributed by atoms with Gasteiger partial charge in [0.05, 0.1) is 25.4 Å². The molecule has 2 aromatic rings. The molecule has 0 saturated carbocycles. The van der Waals surface area contributed by atoms with Gasteiger partial charge < -0.3 is 14.8 Å². The normalized spacial score (nSPS) is 12.0. The molecule has 0 bridgehead atoms. The van der Waals surface area contributed by atoms with Crippen molar-refractivity contribution in [1.29, 1.82) is 0 Å². The van der Waals surface area contributed by atoms with Crippen LogP contribution in [0, 0.1) is 5.82 Å². The van der Waals surface area contributed by atoms with E-state index in [0.717, 1.165) is 11.6 Å². The van der Waals surface area contributed by atoms with Gasteiger partial charge in [-0.3, -0.25) is 9.69 Å². The summed E-state index contributed by atoms with van der Waals surface area (Å²) in [4.78, 5) is 14.3. The Hall–Kier alpha value is -2.31. The molecule has 0 heterocycles. The van der Waals surface area contributed by atoms with Crippen molar-refractivity contribution in [2.45, 2.75) is 26.4 Å². The first-order chi connectivity index (χ1) is 12.8. The van der Waals surface area contributed by atoms with E-state index in [4.69, 9.17) is 21.1 Å². The van der Waals surface area contributed by atoms with E-state index in [1.807, 2.05) is 37.1 Å². The summed E-state index contributed by atoms with van der Waals surface area (Å²) in [7, 11) is 3.41. The number of hydrogen-bond acceptors (Lipinski definition) is 4. The average molecular weight is 395 g/mol. The quantitative estimate of drug-likeness (QED) is 0.723. The van der Waals surface area contributed by atoms with E-state index in [-0.39, 0.29) is 16.6 Å². The van der Waals surface area contributed by atoms with Crippen LogP contribution in [0.25, 0.3) is 0 Å². The molecule has 1 atom stereocenters. The zero-order valence-electron chi connectivity index (χ0n) is 15.9. The second-order valence-electron chi connectivity index (χ2n) is 6.12. The molecule has 7 heteroatoms. The number of hydrogen-bond donors (Lipinski definition) is 1. The lowest BCUT2D eigenvalue weighted by Crippen LogP contribution is -2.39. The molecule has 0 saturated heterocycles. The van der Waals surface area contributed by atoms with Crippen molar-refractivity contribution in [2.24, 2.45) is 0 Å². The molecule has 1 amide bonds. The fourth-order valence-electron chi connectivity index (χ4n) is 2.54. The monoisotopic (exact) mass is 394 g/mol. The first kappa shape index (κ1) is 21.0. The van der Waals surface area contributed by atoms with Crippen molar-refractivity contribution < 1.29 is 18.7 Å². The fourth-order valence-corrected chi connectivity index (χ4v) is 2.70.